The van der Waals surface area contributed by atoms with Gasteiger partial charge in [0.25, 0.3) is 10.1 Å². The van der Waals surface area contributed by atoms with Crippen molar-refractivity contribution in [3.63, 3.8) is 0 Å². The summed E-state index contributed by atoms with van der Waals surface area (Å²) in [5, 5.41) is 10.1. The third-order valence-electron chi connectivity index (χ3n) is 2.80. The van der Waals surface area contributed by atoms with E-state index in [1.54, 1.807) is 30.0 Å². The highest BCUT2D eigenvalue weighted by Crippen LogP contribution is 2.24. The summed E-state index contributed by atoms with van der Waals surface area (Å²) in [5.74, 6) is 0. The van der Waals surface area contributed by atoms with Gasteiger partial charge in [-0.1, -0.05) is 12.1 Å². The van der Waals surface area contributed by atoms with E-state index in [1.807, 2.05) is 29.0 Å². The molecule has 21 heavy (non-hydrogen) atoms. The second-order valence-corrected chi connectivity index (χ2v) is 6.81. The summed E-state index contributed by atoms with van der Waals surface area (Å²) in [6.45, 7) is 0.00524. The van der Waals surface area contributed by atoms with E-state index in [0.717, 1.165) is 22.5 Å². The van der Waals surface area contributed by atoms with Gasteiger partial charge < -0.3 is 0 Å². The molecular weight excluding hydrogens is 308 g/mol. The van der Waals surface area contributed by atoms with Crippen molar-refractivity contribution in [3.05, 3.63) is 47.7 Å². The summed E-state index contributed by atoms with van der Waals surface area (Å²) < 4.78 is 28.5. The van der Waals surface area contributed by atoms with Crippen LogP contribution >= 0.6 is 11.8 Å². The van der Waals surface area contributed by atoms with Crippen molar-refractivity contribution < 1.29 is 12.6 Å². The predicted octanol–water partition coefficient (Wildman–Crippen LogP) is 2.55. The zero-order valence-electron chi connectivity index (χ0n) is 11.6. The van der Waals surface area contributed by atoms with Crippen molar-refractivity contribution in [1.29, 1.82) is 5.26 Å². The zero-order valence-corrected chi connectivity index (χ0v) is 13.2. The van der Waals surface area contributed by atoms with Gasteiger partial charge in [0.05, 0.1) is 17.9 Å². The van der Waals surface area contributed by atoms with Gasteiger partial charge in [-0.25, -0.2) is 0 Å². The first-order valence-corrected chi connectivity index (χ1v) is 9.08. The summed E-state index contributed by atoms with van der Waals surface area (Å²) >= 11 is 1.55. The van der Waals surface area contributed by atoms with E-state index < -0.39 is 10.1 Å². The number of hydrogen-bond donors (Lipinski definition) is 0. The molecule has 0 spiro atoms. The molecule has 0 unspecified atom stereocenters. The van der Waals surface area contributed by atoms with Gasteiger partial charge in [0.1, 0.15) is 11.8 Å². The van der Waals surface area contributed by atoms with E-state index >= 15 is 0 Å². The lowest BCUT2D eigenvalue weighted by Gasteiger charge is -2.10. The standard InChI is InChI=1S/C14H14N2O3S2/c1-20-14-8-7-13(9-15)16(14)12-5-3-11(4-6-12)10-19-21(2,17)18/h3-8H,10H2,1-2H3. The van der Waals surface area contributed by atoms with Crippen molar-refractivity contribution in [3.8, 4) is 11.8 Å². The molecule has 0 saturated carbocycles. The molecule has 1 heterocycles. The second-order valence-electron chi connectivity index (χ2n) is 4.34. The topological polar surface area (TPSA) is 72.1 Å². The van der Waals surface area contributed by atoms with Crippen LogP contribution < -0.4 is 0 Å². The molecule has 2 aromatic rings. The minimum Gasteiger partial charge on any atom is -0.296 e. The number of benzene rings is 1. The minimum absolute atomic E-state index is 0.00524. The van der Waals surface area contributed by atoms with E-state index in [1.165, 1.54) is 0 Å². The van der Waals surface area contributed by atoms with E-state index in [-0.39, 0.29) is 6.61 Å². The lowest BCUT2D eigenvalue weighted by atomic mass is 10.2. The maximum absolute atomic E-state index is 11.0. The van der Waals surface area contributed by atoms with Crippen molar-refractivity contribution in [2.24, 2.45) is 0 Å². The maximum atomic E-state index is 11.0. The molecule has 0 aliphatic carbocycles. The average Bonchev–Trinajstić information content (AvgIpc) is 2.88. The number of aromatic nitrogens is 1. The van der Waals surface area contributed by atoms with Crippen molar-refractivity contribution in [2.75, 3.05) is 12.5 Å². The largest absolute Gasteiger partial charge is 0.296 e. The van der Waals surface area contributed by atoms with Gasteiger partial charge in [-0.3, -0.25) is 8.75 Å². The smallest absolute Gasteiger partial charge is 0.264 e. The minimum atomic E-state index is -3.45. The lowest BCUT2D eigenvalue weighted by molar-refractivity contribution is 0.311. The summed E-state index contributed by atoms with van der Waals surface area (Å²) in [6.07, 6.45) is 2.96. The fourth-order valence-corrected chi connectivity index (χ4v) is 2.79. The van der Waals surface area contributed by atoms with Crippen LogP contribution in [-0.4, -0.2) is 25.5 Å². The normalized spacial score (nSPS) is 11.3. The molecule has 110 valence electrons. The molecule has 0 atom stereocenters. The van der Waals surface area contributed by atoms with Gasteiger partial charge in [-0.2, -0.15) is 13.7 Å². The Balaban J connectivity index is 2.27. The molecule has 7 heteroatoms. The Labute approximate surface area is 128 Å². The van der Waals surface area contributed by atoms with Crippen LogP contribution in [0.2, 0.25) is 0 Å². The molecule has 0 fully saturated rings. The van der Waals surface area contributed by atoms with Gasteiger partial charge in [0.15, 0.2) is 0 Å². The number of nitriles is 1. The number of hydrogen-bond acceptors (Lipinski definition) is 5. The Morgan fingerprint density at radius 2 is 1.90 bits per heavy atom. The van der Waals surface area contributed by atoms with E-state index in [2.05, 4.69) is 6.07 Å². The van der Waals surface area contributed by atoms with E-state index in [9.17, 15) is 8.42 Å². The highest BCUT2D eigenvalue weighted by atomic mass is 32.2. The van der Waals surface area contributed by atoms with Crippen LogP contribution in [-0.2, 0) is 20.9 Å². The Kier molecular flexibility index (Phi) is 4.73. The monoisotopic (exact) mass is 322 g/mol. The molecule has 0 amide bonds. The van der Waals surface area contributed by atoms with Crippen molar-refractivity contribution >= 4 is 21.9 Å². The van der Waals surface area contributed by atoms with Crippen LogP contribution in [0.5, 0.6) is 0 Å². The molecule has 0 radical (unpaired) electrons. The number of thioether (sulfide) groups is 1. The number of rotatable bonds is 5. The van der Waals surface area contributed by atoms with Gasteiger partial charge in [-0.15, -0.1) is 11.8 Å². The summed E-state index contributed by atoms with van der Waals surface area (Å²) in [5.41, 5.74) is 2.16. The van der Waals surface area contributed by atoms with E-state index in [4.69, 9.17) is 9.44 Å². The Hall–Kier alpha value is -1.75. The molecule has 0 aliphatic heterocycles. The first kappa shape index (κ1) is 15.6. The molecule has 1 aromatic heterocycles. The predicted molar refractivity (Wildman–Crippen MR) is 81.9 cm³/mol. The van der Waals surface area contributed by atoms with Gasteiger partial charge in [-0.05, 0) is 36.1 Å². The van der Waals surface area contributed by atoms with Crippen LogP contribution in [0, 0.1) is 11.3 Å². The highest BCUT2D eigenvalue weighted by molar-refractivity contribution is 7.98. The Morgan fingerprint density at radius 1 is 1.24 bits per heavy atom. The van der Waals surface area contributed by atoms with E-state index in [0.29, 0.717) is 5.69 Å². The zero-order chi connectivity index (χ0) is 15.5. The SMILES string of the molecule is CSc1ccc(C#N)n1-c1ccc(COS(C)(=O)=O)cc1. The Morgan fingerprint density at radius 3 is 2.43 bits per heavy atom. The average molecular weight is 322 g/mol. The molecular formula is C14H14N2O3S2. The summed E-state index contributed by atoms with van der Waals surface area (Å²) in [6, 6.07) is 13.1. The third kappa shape index (κ3) is 3.88. The molecule has 1 aromatic carbocycles. The lowest BCUT2D eigenvalue weighted by Crippen LogP contribution is -2.03. The second kappa shape index (κ2) is 6.35. The fourth-order valence-electron chi connectivity index (χ4n) is 1.85. The van der Waals surface area contributed by atoms with Crippen LogP contribution in [0.1, 0.15) is 11.3 Å². The fraction of sp³-hybridized carbons (Fsp3) is 0.214. The quantitative estimate of drug-likeness (QED) is 0.625. The van der Waals surface area contributed by atoms with Crippen LogP contribution in [0.15, 0.2) is 41.4 Å². The van der Waals surface area contributed by atoms with Gasteiger partial charge in [0, 0.05) is 5.69 Å². The molecule has 0 N–H and O–H groups in total. The molecule has 5 nitrogen and oxygen atoms in total. The maximum Gasteiger partial charge on any atom is 0.264 e. The highest BCUT2D eigenvalue weighted by Gasteiger charge is 2.09. The number of nitrogens with zero attached hydrogens (tertiary/aromatic N) is 2. The molecule has 0 saturated heterocycles. The third-order valence-corrected chi connectivity index (χ3v) is 4.09. The molecule has 0 bridgehead atoms. The summed E-state index contributed by atoms with van der Waals surface area (Å²) in [7, 11) is -3.45. The first-order valence-electron chi connectivity index (χ1n) is 6.04. The first-order chi connectivity index (χ1) is 9.94. The molecule has 2 rings (SSSR count). The van der Waals surface area contributed by atoms with Gasteiger partial charge in [0.2, 0.25) is 0 Å². The van der Waals surface area contributed by atoms with Gasteiger partial charge >= 0.3 is 0 Å². The van der Waals surface area contributed by atoms with Crippen molar-refractivity contribution in [1.82, 2.24) is 4.57 Å². The van der Waals surface area contributed by atoms with Crippen LogP contribution in [0.3, 0.4) is 0 Å². The summed E-state index contributed by atoms with van der Waals surface area (Å²) in [4.78, 5) is 0. The molecule has 0 aliphatic rings. The van der Waals surface area contributed by atoms with Crippen LogP contribution in [0.4, 0.5) is 0 Å². The van der Waals surface area contributed by atoms with Crippen LogP contribution in [0.25, 0.3) is 5.69 Å². The Bertz CT molecular complexity index is 772. The van der Waals surface area contributed by atoms with Crippen molar-refractivity contribution in [2.45, 2.75) is 11.6 Å².